The zero-order valence-corrected chi connectivity index (χ0v) is 13.1. The van der Waals surface area contributed by atoms with E-state index in [4.69, 9.17) is 5.73 Å². The van der Waals surface area contributed by atoms with Crippen LogP contribution in [0.1, 0.15) is 43.2 Å². The number of nitrogens with zero attached hydrogens (tertiary/aromatic N) is 1. The molecule has 0 atom stereocenters. The number of benzene rings is 1. The maximum Gasteiger partial charge on any atom is 0.243 e. The van der Waals surface area contributed by atoms with Crippen LogP contribution in [-0.2, 0) is 16.6 Å². The maximum atomic E-state index is 12.8. The van der Waals surface area contributed by atoms with Gasteiger partial charge in [-0.25, -0.2) is 8.42 Å². The van der Waals surface area contributed by atoms with Crippen LogP contribution in [0.2, 0.25) is 0 Å². The van der Waals surface area contributed by atoms with E-state index in [2.05, 4.69) is 0 Å². The van der Waals surface area contributed by atoms with Crippen molar-refractivity contribution in [1.29, 1.82) is 0 Å². The fourth-order valence-electron chi connectivity index (χ4n) is 2.96. The second kappa shape index (κ2) is 6.24. The number of hydrogen-bond acceptors (Lipinski definition) is 3. The van der Waals surface area contributed by atoms with Gasteiger partial charge in [-0.2, -0.15) is 4.31 Å². The summed E-state index contributed by atoms with van der Waals surface area (Å²) in [4.78, 5) is 0.397. The Morgan fingerprint density at radius 3 is 2.50 bits per heavy atom. The molecular formula is C15H24N2O2S. The van der Waals surface area contributed by atoms with Gasteiger partial charge in [0.05, 0.1) is 4.90 Å². The molecule has 20 heavy (non-hydrogen) atoms. The van der Waals surface area contributed by atoms with Crippen molar-refractivity contribution in [2.75, 3.05) is 7.05 Å². The Bertz CT molecular complexity index is 563. The van der Waals surface area contributed by atoms with Gasteiger partial charge in [0.2, 0.25) is 10.0 Å². The Morgan fingerprint density at radius 1 is 1.25 bits per heavy atom. The van der Waals surface area contributed by atoms with E-state index in [1.165, 1.54) is 6.42 Å². The van der Waals surface area contributed by atoms with E-state index in [1.807, 2.05) is 13.0 Å². The van der Waals surface area contributed by atoms with Crippen molar-refractivity contribution in [2.24, 2.45) is 5.73 Å². The third kappa shape index (κ3) is 2.90. The summed E-state index contributed by atoms with van der Waals surface area (Å²) in [5, 5.41) is 0. The smallest absolute Gasteiger partial charge is 0.243 e. The van der Waals surface area contributed by atoms with Crippen LogP contribution in [0.5, 0.6) is 0 Å². The van der Waals surface area contributed by atoms with Gasteiger partial charge in [0, 0.05) is 19.6 Å². The minimum Gasteiger partial charge on any atom is -0.326 e. The first-order valence-corrected chi connectivity index (χ1v) is 8.69. The summed E-state index contributed by atoms with van der Waals surface area (Å²) in [6.07, 6.45) is 5.38. The van der Waals surface area contributed by atoms with E-state index in [-0.39, 0.29) is 6.04 Å². The fraction of sp³-hybridized carbons (Fsp3) is 0.600. The summed E-state index contributed by atoms with van der Waals surface area (Å²) >= 11 is 0. The molecule has 2 N–H and O–H groups in total. The number of hydrogen-bond donors (Lipinski definition) is 1. The van der Waals surface area contributed by atoms with Gasteiger partial charge in [-0.15, -0.1) is 0 Å². The van der Waals surface area contributed by atoms with Crippen molar-refractivity contribution in [3.05, 3.63) is 29.3 Å². The molecule has 0 spiro atoms. The Hall–Kier alpha value is -0.910. The van der Waals surface area contributed by atoms with E-state index >= 15 is 0 Å². The van der Waals surface area contributed by atoms with E-state index in [1.54, 1.807) is 23.5 Å². The highest BCUT2D eigenvalue weighted by Crippen LogP contribution is 2.28. The van der Waals surface area contributed by atoms with Gasteiger partial charge in [0.15, 0.2) is 0 Å². The van der Waals surface area contributed by atoms with Gasteiger partial charge >= 0.3 is 0 Å². The van der Waals surface area contributed by atoms with E-state index in [9.17, 15) is 8.42 Å². The van der Waals surface area contributed by atoms with Crippen molar-refractivity contribution < 1.29 is 8.42 Å². The summed E-state index contributed by atoms with van der Waals surface area (Å²) in [5.74, 6) is 0. The third-order valence-corrected chi connectivity index (χ3v) is 6.42. The highest BCUT2D eigenvalue weighted by atomic mass is 32.2. The first kappa shape index (κ1) is 15.5. The summed E-state index contributed by atoms with van der Waals surface area (Å²) < 4.78 is 27.2. The summed E-state index contributed by atoms with van der Waals surface area (Å²) in [5.41, 5.74) is 7.34. The van der Waals surface area contributed by atoms with Gasteiger partial charge in [-0.05, 0) is 37.0 Å². The summed E-state index contributed by atoms with van der Waals surface area (Å²) in [7, 11) is -1.72. The Kier molecular flexibility index (Phi) is 4.83. The molecule has 112 valence electrons. The SMILES string of the molecule is Cc1c(CN)cccc1S(=O)(=O)N(C)C1CCCCC1. The Labute approximate surface area is 122 Å². The molecule has 1 fully saturated rings. The topological polar surface area (TPSA) is 63.4 Å². The lowest BCUT2D eigenvalue weighted by molar-refractivity contribution is 0.285. The fourth-order valence-corrected chi connectivity index (χ4v) is 4.64. The second-order valence-corrected chi connectivity index (χ2v) is 7.52. The lowest BCUT2D eigenvalue weighted by Crippen LogP contribution is -2.38. The third-order valence-electron chi connectivity index (χ3n) is 4.36. The largest absolute Gasteiger partial charge is 0.326 e. The Balaban J connectivity index is 2.34. The zero-order chi connectivity index (χ0) is 14.8. The van der Waals surface area contributed by atoms with Crippen molar-refractivity contribution in [2.45, 2.75) is 56.5 Å². The van der Waals surface area contributed by atoms with E-state index in [0.717, 1.165) is 36.8 Å². The molecule has 1 aromatic carbocycles. The minimum absolute atomic E-state index is 0.134. The lowest BCUT2D eigenvalue weighted by atomic mass is 9.96. The van der Waals surface area contributed by atoms with E-state index < -0.39 is 10.0 Å². The van der Waals surface area contributed by atoms with Crippen LogP contribution in [0.25, 0.3) is 0 Å². The highest BCUT2D eigenvalue weighted by molar-refractivity contribution is 7.89. The van der Waals surface area contributed by atoms with Crippen LogP contribution >= 0.6 is 0 Å². The van der Waals surface area contributed by atoms with E-state index in [0.29, 0.717) is 11.4 Å². The van der Waals surface area contributed by atoms with Crippen LogP contribution in [0, 0.1) is 6.92 Å². The number of nitrogens with two attached hydrogens (primary N) is 1. The Morgan fingerprint density at radius 2 is 1.90 bits per heavy atom. The molecule has 0 unspecified atom stereocenters. The molecule has 2 rings (SSSR count). The van der Waals surface area contributed by atoms with Gasteiger partial charge in [0.25, 0.3) is 0 Å². The van der Waals surface area contributed by atoms with Crippen LogP contribution < -0.4 is 5.73 Å². The molecule has 0 radical (unpaired) electrons. The first-order chi connectivity index (χ1) is 9.48. The second-order valence-electron chi connectivity index (χ2n) is 5.56. The standard InChI is InChI=1S/C15H24N2O2S/c1-12-13(11-16)7-6-10-15(12)20(18,19)17(2)14-8-4-3-5-9-14/h6-7,10,14H,3-5,8-9,11,16H2,1-2H3. The molecule has 0 heterocycles. The van der Waals surface area contributed by atoms with Gasteiger partial charge in [-0.3, -0.25) is 0 Å². The maximum absolute atomic E-state index is 12.8. The van der Waals surface area contributed by atoms with Crippen molar-refractivity contribution in [1.82, 2.24) is 4.31 Å². The highest BCUT2D eigenvalue weighted by Gasteiger charge is 2.30. The van der Waals surface area contributed by atoms with Gasteiger partial charge in [0.1, 0.15) is 0 Å². The molecule has 1 aliphatic carbocycles. The van der Waals surface area contributed by atoms with Crippen LogP contribution in [0.4, 0.5) is 0 Å². The molecule has 0 amide bonds. The zero-order valence-electron chi connectivity index (χ0n) is 12.3. The van der Waals surface area contributed by atoms with Gasteiger partial charge in [-0.1, -0.05) is 31.4 Å². The normalized spacial score (nSPS) is 17.6. The average molecular weight is 296 g/mol. The predicted molar refractivity (Wildman–Crippen MR) is 80.9 cm³/mol. The molecule has 4 nitrogen and oxygen atoms in total. The summed E-state index contributed by atoms with van der Waals surface area (Å²) in [6.45, 7) is 2.20. The molecule has 5 heteroatoms. The molecule has 0 saturated heterocycles. The molecule has 1 saturated carbocycles. The van der Waals surface area contributed by atoms with Gasteiger partial charge < -0.3 is 5.73 Å². The molecule has 1 aromatic rings. The number of sulfonamides is 1. The van der Waals surface area contributed by atoms with Crippen LogP contribution in [0.15, 0.2) is 23.1 Å². The predicted octanol–water partition coefficient (Wildman–Crippen LogP) is 2.41. The van der Waals surface area contributed by atoms with Crippen molar-refractivity contribution >= 4 is 10.0 Å². The van der Waals surface area contributed by atoms with Crippen LogP contribution in [-0.4, -0.2) is 25.8 Å². The van der Waals surface area contributed by atoms with Crippen molar-refractivity contribution in [3.63, 3.8) is 0 Å². The molecule has 0 aliphatic heterocycles. The van der Waals surface area contributed by atoms with Crippen LogP contribution in [0.3, 0.4) is 0 Å². The molecule has 0 aromatic heterocycles. The quantitative estimate of drug-likeness (QED) is 0.928. The lowest BCUT2D eigenvalue weighted by Gasteiger charge is -2.31. The molecule has 1 aliphatic rings. The minimum atomic E-state index is -3.42. The first-order valence-electron chi connectivity index (χ1n) is 7.25. The molecule has 0 bridgehead atoms. The molecular weight excluding hydrogens is 272 g/mol. The van der Waals surface area contributed by atoms with Crippen molar-refractivity contribution in [3.8, 4) is 0 Å². The summed E-state index contributed by atoms with van der Waals surface area (Å²) in [6, 6.07) is 5.48. The monoisotopic (exact) mass is 296 g/mol. The average Bonchev–Trinajstić information content (AvgIpc) is 2.47. The number of rotatable bonds is 4.